The van der Waals surface area contributed by atoms with Gasteiger partial charge in [-0.25, -0.2) is 4.98 Å². The number of methoxy groups -OCH3 is 1. The van der Waals surface area contributed by atoms with Crippen molar-refractivity contribution in [2.24, 2.45) is 0 Å². The Bertz CT molecular complexity index is 913. The van der Waals surface area contributed by atoms with Crippen molar-refractivity contribution in [2.45, 2.75) is 26.8 Å². The monoisotopic (exact) mass is 349 g/mol. The number of hydrogen-bond acceptors (Lipinski definition) is 3. The maximum Gasteiger partial charge on any atom is 0.251 e. The number of rotatable bonds is 5. The van der Waals surface area contributed by atoms with Gasteiger partial charge in [0.25, 0.3) is 5.91 Å². The lowest BCUT2D eigenvalue weighted by Crippen LogP contribution is -2.26. The Kier molecular flexibility index (Phi) is 5.07. The molecule has 5 nitrogen and oxygen atoms in total. The molecule has 5 heteroatoms. The van der Waals surface area contributed by atoms with Gasteiger partial charge in [0.1, 0.15) is 5.75 Å². The van der Waals surface area contributed by atoms with Gasteiger partial charge in [0.05, 0.1) is 30.9 Å². The van der Waals surface area contributed by atoms with Crippen LogP contribution in [0.4, 0.5) is 0 Å². The predicted octanol–water partition coefficient (Wildman–Crippen LogP) is 3.99. The van der Waals surface area contributed by atoms with Gasteiger partial charge < -0.3 is 14.6 Å². The highest BCUT2D eigenvalue weighted by atomic mass is 16.5. The van der Waals surface area contributed by atoms with Crippen molar-refractivity contribution in [3.63, 3.8) is 0 Å². The van der Waals surface area contributed by atoms with Crippen LogP contribution in [0.25, 0.3) is 5.69 Å². The smallest absolute Gasteiger partial charge is 0.251 e. The van der Waals surface area contributed by atoms with E-state index in [-0.39, 0.29) is 11.9 Å². The molecule has 0 saturated carbocycles. The van der Waals surface area contributed by atoms with E-state index >= 15 is 0 Å². The number of carbonyl (C=O) groups is 1. The largest absolute Gasteiger partial charge is 0.495 e. The lowest BCUT2D eigenvalue weighted by molar-refractivity contribution is 0.0939. The minimum Gasteiger partial charge on any atom is -0.495 e. The number of ether oxygens (including phenoxy) is 1. The molecule has 0 spiro atoms. The van der Waals surface area contributed by atoms with Crippen LogP contribution in [0.2, 0.25) is 0 Å². The Balaban J connectivity index is 1.80. The summed E-state index contributed by atoms with van der Waals surface area (Å²) in [4.78, 5) is 16.9. The number of aryl methyl sites for hydroxylation is 2. The first-order chi connectivity index (χ1) is 12.5. The molecule has 1 heterocycles. The number of amides is 1. The van der Waals surface area contributed by atoms with Crippen molar-refractivity contribution in [2.75, 3.05) is 7.11 Å². The second-order valence-corrected chi connectivity index (χ2v) is 6.41. The van der Waals surface area contributed by atoms with Crippen molar-refractivity contribution >= 4 is 5.91 Å². The molecule has 1 N–H and O–H groups in total. The fourth-order valence-corrected chi connectivity index (χ4v) is 2.80. The van der Waals surface area contributed by atoms with E-state index in [4.69, 9.17) is 4.74 Å². The van der Waals surface area contributed by atoms with Crippen LogP contribution in [0, 0.1) is 13.8 Å². The Morgan fingerprint density at radius 1 is 1.15 bits per heavy atom. The van der Waals surface area contributed by atoms with Gasteiger partial charge in [-0.05, 0) is 44.5 Å². The van der Waals surface area contributed by atoms with Crippen LogP contribution in [-0.4, -0.2) is 22.6 Å². The Morgan fingerprint density at radius 3 is 2.50 bits per heavy atom. The standard InChI is InChI=1S/C21H23N3O2/c1-14-5-7-17(8-6-14)16(3)23-21(25)18-9-10-19(20(11-18)26-4)24-12-15(2)22-13-24/h5-13,16H,1-4H3,(H,23,25)/t16-/m0/s1. The normalized spacial score (nSPS) is 11.8. The minimum atomic E-state index is -0.135. The third-order valence-electron chi connectivity index (χ3n) is 4.36. The average molecular weight is 349 g/mol. The quantitative estimate of drug-likeness (QED) is 0.758. The summed E-state index contributed by atoms with van der Waals surface area (Å²) in [6.45, 7) is 5.95. The average Bonchev–Trinajstić information content (AvgIpc) is 3.07. The second kappa shape index (κ2) is 7.44. The van der Waals surface area contributed by atoms with Crippen molar-refractivity contribution in [3.05, 3.63) is 77.4 Å². The van der Waals surface area contributed by atoms with Gasteiger partial charge in [-0.2, -0.15) is 0 Å². The molecule has 1 atom stereocenters. The molecule has 0 aliphatic heterocycles. The molecule has 1 amide bonds. The van der Waals surface area contributed by atoms with E-state index in [2.05, 4.69) is 10.3 Å². The van der Waals surface area contributed by atoms with Crippen LogP contribution in [-0.2, 0) is 0 Å². The van der Waals surface area contributed by atoms with E-state index in [0.717, 1.165) is 16.9 Å². The molecule has 26 heavy (non-hydrogen) atoms. The summed E-state index contributed by atoms with van der Waals surface area (Å²) in [7, 11) is 1.60. The van der Waals surface area contributed by atoms with Crippen molar-refractivity contribution in [1.82, 2.24) is 14.9 Å². The molecule has 1 aromatic heterocycles. The first-order valence-corrected chi connectivity index (χ1v) is 8.54. The summed E-state index contributed by atoms with van der Waals surface area (Å²) in [5.74, 6) is 0.489. The fourth-order valence-electron chi connectivity index (χ4n) is 2.80. The van der Waals surface area contributed by atoms with Crippen LogP contribution in [0.5, 0.6) is 5.75 Å². The molecule has 2 aromatic carbocycles. The summed E-state index contributed by atoms with van der Waals surface area (Å²) in [5, 5.41) is 3.03. The SMILES string of the molecule is COc1cc(C(=O)N[C@@H](C)c2ccc(C)cc2)ccc1-n1cnc(C)c1. The fraction of sp³-hybridized carbons (Fsp3) is 0.238. The summed E-state index contributed by atoms with van der Waals surface area (Å²) in [5.41, 5.74) is 4.59. The minimum absolute atomic E-state index is 0.0786. The second-order valence-electron chi connectivity index (χ2n) is 6.41. The van der Waals surface area contributed by atoms with Gasteiger partial charge in [-0.15, -0.1) is 0 Å². The predicted molar refractivity (Wildman–Crippen MR) is 102 cm³/mol. The summed E-state index contributed by atoms with van der Waals surface area (Å²) in [6, 6.07) is 13.5. The first-order valence-electron chi connectivity index (χ1n) is 8.54. The highest BCUT2D eigenvalue weighted by molar-refractivity contribution is 5.95. The van der Waals surface area contributed by atoms with Gasteiger partial charge in [-0.1, -0.05) is 29.8 Å². The molecule has 0 aliphatic carbocycles. The maximum atomic E-state index is 12.6. The third kappa shape index (κ3) is 3.77. The summed E-state index contributed by atoms with van der Waals surface area (Å²) in [6.07, 6.45) is 3.64. The van der Waals surface area contributed by atoms with Crippen LogP contribution in [0.3, 0.4) is 0 Å². The number of nitrogens with one attached hydrogen (secondary N) is 1. The molecule has 3 rings (SSSR count). The molecule has 0 fully saturated rings. The van der Waals surface area contributed by atoms with E-state index in [0.29, 0.717) is 11.3 Å². The van der Waals surface area contributed by atoms with E-state index in [1.54, 1.807) is 25.6 Å². The molecule has 3 aromatic rings. The lowest BCUT2D eigenvalue weighted by atomic mass is 10.1. The summed E-state index contributed by atoms with van der Waals surface area (Å²) >= 11 is 0. The van der Waals surface area contributed by atoms with Crippen LogP contribution >= 0.6 is 0 Å². The van der Waals surface area contributed by atoms with Gasteiger partial charge in [0.15, 0.2) is 0 Å². The number of imidazole rings is 1. The molecular weight excluding hydrogens is 326 g/mol. The molecule has 0 unspecified atom stereocenters. The highest BCUT2D eigenvalue weighted by Gasteiger charge is 2.14. The van der Waals surface area contributed by atoms with Crippen LogP contribution in [0.1, 0.15) is 40.1 Å². The molecule has 0 radical (unpaired) electrons. The lowest BCUT2D eigenvalue weighted by Gasteiger charge is -2.16. The van der Waals surface area contributed by atoms with E-state index in [1.807, 2.05) is 61.9 Å². The molecule has 0 bridgehead atoms. The third-order valence-corrected chi connectivity index (χ3v) is 4.36. The van der Waals surface area contributed by atoms with E-state index in [9.17, 15) is 4.79 Å². The number of nitrogens with zero attached hydrogens (tertiary/aromatic N) is 2. The zero-order valence-electron chi connectivity index (χ0n) is 15.5. The molecule has 134 valence electrons. The topological polar surface area (TPSA) is 56.1 Å². The van der Waals surface area contributed by atoms with Gasteiger partial charge >= 0.3 is 0 Å². The van der Waals surface area contributed by atoms with Crippen molar-refractivity contribution in [3.8, 4) is 11.4 Å². The van der Waals surface area contributed by atoms with Gasteiger partial charge in [-0.3, -0.25) is 4.79 Å². The molecular formula is C21H23N3O2. The van der Waals surface area contributed by atoms with E-state index < -0.39 is 0 Å². The Labute approximate surface area is 153 Å². The van der Waals surface area contributed by atoms with E-state index in [1.165, 1.54) is 5.56 Å². The van der Waals surface area contributed by atoms with Gasteiger partial charge in [0.2, 0.25) is 0 Å². The van der Waals surface area contributed by atoms with Gasteiger partial charge in [0, 0.05) is 11.8 Å². The Morgan fingerprint density at radius 2 is 1.88 bits per heavy atom. The number of aromatic nitrogens is 2. The summed E-state index contributed by atoms with van der Waals surface area (Å²) < 4.78 is 7.35. The highest BCUT2D eigenvalue weighted by Crippen LogP contribution is 2.25. The Hall–Kier alpha value is -3.08. The number of carbonyl (C=O) groups excluding carboxylic acids is 1. The maximum absolute atomic E-state index is 12.6. The van der Waals surface area contributed by atoms with Crippen molar-refractivity contribution < 1.29 is 9.53 Å². The number of benzene rings is 2. The zero-order valence-corrected chi connectivity index (χ0v) is 15.5. The zero-order chi connectivity index (χ0) is 18.7. The van der Waals surface area contributed by atoms with Crippen molar-refractivity contribution in [1.29, 1.82) is 0 Å². The molecule has 0 aliphatic rings. The number of hydrogen-bond donors (Lipinski definition) is 1. The van der Waals surface area contributed by atoms with Crippen LogP contribution < -0.4 is 10.1 Å². The molecule has 0 saturated heterocycles. The van der Waals surface area contributed by atoms with Crippen LogP contribution in [0.15, 0.2) is 55.0 Å². The first kappa shape index (κ1) is 17.7.